The Balaban J connectivity index is 0.000000373. The average Bonchev–Trinajstić information content (AvgIpc) is 3.04. The van der Waals surface area contributed by atoms with E-state index in [1.807, 2.05) is 20.8 Å². The van der Waals surface area contributed by atoms with Gasteiger partial charge in [0.1, 0.15) is 17.3 Å². The molecule has 2 aromatic rings. The molecule has 1 aromatic carbocycles. The van der Waals surface area contributed by atoms with E-state index in [2.05, 4.69) is 35.8 Å². The molecule has 0 bridgehead atoms. The number of benzene rings is 1. The first-order valence-electron chi connectivity index (χ1n) is 9.65. The van der Waals surface area contributed by atoms with Gasteiger partial charge in [0.15, 0.2) is 0 Å². The van der Waals surface area contributed by atoms with E-state index in [1.54, 1.807) is 49.7 Å². The van der Waals surface area contributed by atoms with Gasteiger partial charge in [0.05, 0.1) is 33.8 Å². The lowest BCUT2D eigenvalue weighted by atomic mass is 10.2. The molecule has 0 aliphatic rings. The molecule has 162 valence electrons. The molecule has 0 saturated heterocycles. The van der Waals surface area contributed by atoms with Crippen LogP contribution < -0.4 is 15.3 Å². The van der Waals surface area contributed by atoms with Gasteiger partial charge < -0.3 is 14.5 Å². The van der Waals surface area contributed by atoms with Crippen LogP contribution in [-0.4, -0.2) is 11.2 Å². The third-order valence-corrected chi connectivity index (χ3v) is 4.29. The maximum Gasteiger partial charge on any atom is 0.144 e. The molecule has 2 rings (SSSR count). The molecule has 0 aliphatic heterocycles. The van der Waals surface area contributed by atoms with Crippen LogP contribution in [-0.2, 0) is 11.2 Å². The van der Waals surface area contributed by atoms with E-state index in [4.69, 9.17) is 26.3 Å². The number of hydrogen-bond acceptors (Lipinski definition) is 4. The quantitative estimate of drug-likeness (QED) is 0.359. The van der Waals surface area contributed by atoms with Crippen LogP contribution in [0.25, 0.3) is 12.3 Å². The minimum absolute atomic E-state index is 0.555. The van der Waals surface area contributed by atoms with Gasteiger partial charge in [0.2, 0.25) is 0 Å². The van der Waals surface area contributed by atoms with Gasteiger partial charge in [-0.1, -0.05) is 44.3 Å². The topological polar surface area (TPSA) is 70.4 Å². The van der Waals surface area contributed by atoms with Crippen LogP contribution in [0.2, 0.25) is 5.02 Å². The standard InChI is InChI=1S/C16H15ClN2O.C9H13NO/c1-4-14-16(17)15(10(2)19-14)11(3)20-13-7-5-6-12(8-13)9-18;1-5-9(7-10-6-2)11-8(3)4/h5-8,19H,2,4H2,1,3H3;5-7H,1,3H2,2,4H3/b15-11-;9-7+,10-6?. The van der Waals surface area contributed by atoms with Crippen molar-refractivity contribution in [2.45, 2.75) is 34.1 Å². The Labute approximate surface area is 189 Å². The number of aromatic amines is 1. The molecule has 0 radical (unpaired) electrons. The van der Waals surface area contributed by atoms with Crippen LogP contribution in [0.4, 0.5) is 0 Å². The number of halogens is 1. The summed E-state index contributed by atoms with van der Waals surface area (Å²) in [6.07, 6.45) is 5.65. The van der Waals surface area contributed by atoms with Gasteiger partial charge >= 0.3 is 0 Å². The Bertz CT molecular complexity index is 1130. The van der Waals surface area contributed by atoms with Crippen molar-refractivity contribution in [3.63, 3.8) is 0 Å². The molecular weight excluding hydrogens is 410 g/mol. The number of nitriles is 1. The molecule has 1 N–H and O–H groups in total. The van der Waals surface area contributed by atoms with E-state index in [9.17, 15) is 0 Å². The largest absolute Gasteiger partial charge is 0.461 e. The summed E-state index contributed by atoms with van der Waals surface area (Å²) >= 11 is 6.32. The normalized spacial score (nSPS) is 11.8. The van der Waals surface area contributed by atoms with Crippen LogP contribution in [0.1, 0.15) is 39.0 Å². The molecule has 0 saturated carbocycles. The van der Waals surface area contributed by atoms with E-state index in [1.165, 1.54) is 0 Å². The van der Waals surface area contributed by atoms with Gasteiger partial charge in [0, 0.05) is 17.3 Å². The Hall–Kier alpha value is -3.49. The fourth-order valence-electron chi connectivity index (χ4n) is 2.52. The summed E-state index contributed by atoms with van der Waals surface area (Å²) in [5.74, 6) is 2.50. The molecule has 0 fully saturated rings. The second-order valence-electron chi connectivity index (χ2n) is 6.37. The number of aliphatic imine (C=N–C) groups is 1. The van der Waals surface area contributed by atoms with Crippen molar-refractivity contribution in [3.05, 3.63) is 88.1 Å². The van der Waals surface area contributed by atoms with E-state index < -0.39 is 0 Å². The van der Waals surface area contributed by atoms with Crippen molar-refractivity contribution in [1.82, 2.24) is 4.98 Å². The van der Waals surface area contributed by atoms with Crippen molar-refractivity contribution in [2.75, 3.05) is 0 Å². The van der Waals surface area contributed by atoms with E-state index in [-0.39, 0.29) is 0 Å². The Morgan fingerprint density at radius 1 is 1.35 bits per heavy atom. The monoisotopic (exact) mass is 437 g/mol. The van der Waals surface area contributed by atoms with Gasteiger partial charge in [-0.25, -0.2) is 0 Å². The summed E-state index contributed by atoms with van der Waals surface area (Å²) in [7, 11) is 0. The van der Waals surface area contributed by atoms with Crippen molar-refractivity contribution in [1.29, 1.82) is 5.26 Å². The molecule has 0 amide bonds. The summed E-state index contributed by atoms with van der Waals surface area (Å²) in [5.41, 5.74) is 1.50. The maximum atomic E-state index is 8.89. The van der Waals surface area contributed by atoms with E-state index in [0.29, 0.717) is 33.6 Å². The predicted molar refractivity (Wildman–Crippen MR) is 129 cm³/mol. The number of H-pyrrole nitrogens is 1. The minimum Gasteiger partial charge on any atom is -0.461 e. The third-order valence-electron chi connectivity index (χ3n) is 3.87. The first-order chi connectivity index (χ1) is 14.8. The van der Waals surface area contributed by atoms with Gasteiger partial charge in [-0.15, -0.1) is 0 Å². The number of ether oxygens (including phenoxy) is 2. The highest BCUT2D eigenvalue weighted by atomic mass is 35.5. The highest BCUT2D eigenvalue weighted by Crippen LogP contribution is 2.16. The van der Waals surface area contributed by atoms with Gasteiger partial charge in [-0.2, -0.15) is 5.26 Å². The van der Waals surface area contributed by atoms with Crippen LogP contribution in [0, 0.1) is 11.3 Å². The second-order valence-corrected chi connectivity index (χ2v) is 6.75. The van der Waals surface area contributed by atoms with Crippen molar-refractivity contribution < 1.29 is 9.47 Å². The first kappa shape index (κ1) is 25.5. The van der Waals surface area contributed by atoms with Crippen molar-refractivity contribution >= 4 is 30.2 Å². The van der Waals surface area contributed by atoms with Crippen LogP contribution in [0.3, 0.4) is 0 Å². The van der Waals surface area contributed by atoms with Crippen molar-refractivity contribution in [2.24, 2.45) is 4.99 Å². The Morgan fingerprint density at radius 2 is 2.06 bits per heavy atom. The lowest BCUT2D eigenvalue weighted by molar-refractivity contribution is 0.323. The molecule has 0 atom stereocenters. The smallest absolute Gasteiger partial charge is 0.144 e. The average molecular weight is 438 g/mol. The Kier molecular flexibility index (Phi) is 10.7. The molecule has 31 heavy (non-hydrogen) atoms. The van der Waals surface area contributed by atoms with Crippen LogP contribution in [0.15, 0.2) is 66.2 Å². The Morgan fingerprint density at radius 3 is 2.58 bits per heavy atom. The van der Waals surface area contributed by atoms with E-state index in [0.717, 1.165) is 22.7 Å². The molecule has 0 aliphatic carbocycles. The summed E-state index contributed by atoms with van der Waals surface area (Å²) in [6, 6.07) is 9.08. The molecule has 0 unspecified atom stereocenters. The highest BCUT2D eigenvalue weighted by molar-refractivity contribution is 6.31. The van der Waals surface area contributed by atoms with Crippen LogP contribution >= 0.6 is 11.6 Å². The molecule has 5 nitrogen and oxygen atoms in total. The third kappa shape index (κ3) is 8.04. The lowest BCUT2D eigenvalue weighted by Gasteiger charge is -2.05. The maximum absolute atomic E-state index is 8.89. The summed E-state index contributed by atoms with van der Waals surface area (Å²) in [6.45, 7) is 18.6. The fraction of sp³-hybridized carbons (Fsp3) is 0.200. The lowest BCUT2D eigenvalue weighted by Crippen LogP contribution is -2.25. The minimum atomic E-state index is 0.555. The zero-order valence-electron chi connectivity index (χ0n) is 18.5. The number of rotatable bonds is 7. The number of nitrogens with one attached hydrogen (secondary N) is 1. The van der Waals surface area contributed by atoms with Gasteiger partial charge in [-0.05, 0) is 51.5 Å². The van der Waals surface area contributed by atoms with Crippen LogP contribution in [0.5, 0.6) is 5.75 Å². The van der Waals surface area contributed by atoms with Crippen molar-refractivity contribution in [3.8, 4) is 11.8 Å². The zero-order valence-corrected chi connectivity index (χ0v) is 19.2. The summed E-state index contributed by atoms with van der Waals surface area (Å²) in [5, 5.41) is 11.1. The SMILES string of the molecule is C=C/C(=C\N=CC)OC(=C)C.C=c1[nH]c(CC)c(Cl)/c1=C(/C)Oc1cccc(C#N)c1. The van der Waals surface area contributed by atoms with E-state index >= 15 is 0 Å². The fourth-order valence-corrected chi connectivity index (χ4v) is 2.95. The molecule has 6 heteroatoms. The molecule has 0 spiro atoms. The number of aromatic nitrogens is 1. The zero-order chi connectivity index (χ0) is 23.4. The number of nitrogens with zero attached hydrogens (tertiary/aromatic N) is 2. The molecular formula is C25H28ClN3O2. The number of aryl methyl sites for hydroxylation is 1. The number of allylic oxidation sites excluding steroid dienone is 2. The molecule has 1 aromatic heterocycles. The first-order valence-corrected chi connectivity index (χ1v) is 10.0. The highest BCUT2D eigenvalue weighted by Gasteiger charge is 2.08. The second kappa shape index (κ2) is 12.9. The summed E-state index contributed by atoms with van der Waals surface area (Å²) in [4.78, 5) is 7.03. The summed E-state index contributed by atoms with van der Waals surface area (Å²) < 4.78 is 10.9. The molecule has 1 heterocycles. The number of hydrogen-bond donors (Lipinski definition) is 1. The van der Waals surface area contributed by atoms with Gasteiger partial charge in [0.25, 0.3) is 0 Å². The predicted octanol–water partition coefficient (Wildman–Crippen LogP) is 5.37. The van der Waals surface area contributed by atoms with Gasteiger partial charge in [-0.3, -0.25) is 4.99 Å².